The van der Waals surface area contributed by atoms with Crippen molar-refractivity contribution in [1.82, 2.24) is 4.98 Å². The number of anilines is 1. The summed E-state index contributed by atoms with van der Waals surface area (Å²) in [6.07, 6.45) is 0.867. The van der Waals surface area contributed by atoms with Crippen molar-refractivity contribution < 1.29 is 19.1 Å². The Bertz CT molecular complexity index is 1440. The Hall–Kier alpha value is -2.69. The molecule has 4 heterocycles. The molecule has 0 spiro atoms. The van der Waals surface area contributed by atoms with Crippen LogP contribution in [0.1, 0.15) is 39.4 Å². The normalized spacial score (nSPS) is 31.9. The van der Waals surface area contributed by atoms with Crippen LogP contribution in [0.3, 0.4) is 0 Å². The minimum atomic E-state index is -0.427. The van der Waals surface area contributed by atoms with Gasteiger partial charge in [0.15, 0.2) is 0 Å². The second-order valence-corrected chi connectivity index (χ2v) is 12.9. The number of hydrogen-bond donors (Lipinski definition) is 1. The molecule has 7 atom stereocenters. The topological polar surface area (TPSA) is 96.5 Å². The number of amides is 2. The van der Waals surface area contributed by atoms with E-state index in [-0.39, 0.29) is 64.1 Å². The second kappa shape index (κ2) is 8.16. The Balaban J connectivity index is 1.24. The fourth-order valence-electron chi connectivity index (χ4n) is 7.02. The number of esters is 1. The first-order chi connectivity index (χ1) is 17.5. The van der Waals surface area contributed by atoms with Gasteiger partial charge in [-0.05, 0) is 66.8 Å². The number of aromatic nitrogens is 1. The van der Waals surface area contributed by atoms with E-state index in [0.29, 0.717) is 11.3 Å². The maximum atomic E-state index is 13.8. The summed E-state index contributed by atoms with van der Waals surface area (Å²) in [7, 11) is 0. The lowest BCUT2D eigenvalue weighted by Crippen LogP contribution is -2.42. The van der Waals surface area contributed by atoms with Crippen molar-refractivity contribution in [3.8, 4) is 0 Å². The molecular weight excluding hydrogens is 516 g/mol. The van der Waals surface area contributed by atoms with Crippen molar-refractivity contribution in [2.24, 2.45) is 29.6 Å². The smallest absolute Gasteiger partial charge is 0.338 e. The van der Waals surface area contributed by atoms with Crippen LogP contribution >= 0.6 is 34.4 Å². The van der Waals surface area contributed by atoms with Crippen molar-refractivity contribution in [2.45, 2.75) is 29.5 Å². The number of imide groups is 1. The number of carbonyl (C=O) groups is 3. The minimum Gasteiger partial charge on any atom is -0.462 e. The fraction of sp³-hybridized carbons (Fsp3) is 0.385. The molecule has 10 heteroatoms. The lowest BCUT2D eigenvalue weighted by atomic mass is 9.69. The van der Waals surface area contributed by atoms with Crippen LogP contribution in [0.15, 0.2) is 51.6 Å². The maximum absolute atomic E-state index is 13.8. The van der Waals surface area contributed by atoms with Gasteiger partial charge in [-0.1, -0.05) is 17.4 Å². The van der Waals surface area contributed by atoms with Gasteiger partial charge in [0, 0.05) is 20.9 Å². The maximum Gasteiger partial charge on any atom is 0.338 e. The van der Waals surface area contributed by atoms with Gasteiger partial charge in [-0.3, -0.25) is 19.3 Å². The number of rotatable bonds is 4. The lowest BCUT2D eigenvalue weighted by Gasteiger charge is -2.42. The highest BCUT2D eigenvalue weighted by atomic mass is 32.2. The largest absolute Gasteiger partial charge is 0.462 e. The number of benzene rings is 1. The fourth-order valence-corrected chi connectivity index (χ4v) is 10.9. The number of thiophene rings is 1. The molecule has 1 saturated heterocycles. The summed E-state index contributed by atoms with van der Waals surface area (Å²) in [5.74, 6) is -0.909. The van der Waals surface area contributed by atoms with Gasteiger partial charge in [0.05, 0.1) is 34.7 Å². The number of fused-ring (bicyclic) bond motifs is 9. The molecule has 7 unspecified atom stereocenters. The summed E-state index contributed by atoms with van der Waals surface area (Å²) in [6, 6.07) is 10.7. The van der Waals surface area contributed by atoms with Crippen LogP contribution in [0.25, 0.3) is 0 Å². The third-order valence-corrected chi connectivity index (χ3v) is 11.8. The Kier molecular flexibility index (Phi) is 5.10. The van der Waals surface area contributed by atoms with Crippen LogP contribution in [0.4, 0.5) is 5.69 Å². The number of thioether (sulfide) groups is 1. The molecular formula is C26H22N2O5S3. The van der Waals surface area contributed by atoms with Crippen LogP contribution in [0.2, 0.25) is 0 Å². The Morgan fingerprint density at radius 3 is 2.53 bits per heavy atom. The quantitative estimate of drug-likeness (QED) is 0.392. The Labute approximate surface area is 218 Å². The molecule has 2 bridgehead atoms. The van der Waals surface area contributed by atoms with Gasteiger partial charge in [-0.25, -0.2) is 4.79 Å². The molecule has 3 aromatic rings. The van der Waals surface area contributed by atoms with Crippen LogP contribution < -0.4 is 9.77 Å². The minimum absolute atomic E-state index is 0.0498. The van der Waals surface area contributed by atoms with Gasteiger partial charge < -0.3 is 9.72 Å². The van der Waals surface area contributed by atoms with E-state index in [2.05, 4.69) is 16.4 Å². The molecule has 2 amide bonds. The first kappa shape index (κ1) is 22.5. The average Bonchev–Trinajstić information content (AvgIpc) is 3.67. The van der Waals surface area contributed by atoms with E-state index in [1.807, 2.05) is 6.07 Å². The highest BCUT2D eigenvalue weighted by Crippen LogP contribution is 2.68. The summed E-state index contributed by atoms with van der Waals surface area (Å²) in [4.78, 5) is 58.4. The van der Waals surface area contributed by atoms with Gasteiger partial charge in [0.1, 0.15) is 0 Å². The summed E-state index contributed by atoms with van der Waals surface area (Å²) >= 11 is 4.67. The third-order valence-electron chi connectivity index (χ3n) is 8.21. The molecule has 4 aliphatic rings. The molecule has 7 rings (SSSR count). The van der Waals surface area contributed by atoms with Crippen LogP contribution in [0.5, 0.6) is 0 Å². The zero-order valence-electron chi connectivity index (χ0n) is 19.2. The molecule has 184 valence electrons. The van der Waals surface area contributed by atoms with Crippen LogP contribution in [-0.4, -0.2) is 34.6 Å². The number of nitrogens with zero attached hydrogens (tertiary/aromatic N) is 1. The summed E-state index contributed by atoms with van der Waals surface area (Å²) in [6.45, 7) is 2.03. The van der Waals surface area contributed by atoms with E-state index in [9.17, 15) is 19.2 Å². The Morgan fingerprint density at radius 2 is 1.83 bits per heavy atom. The number of hydrogen-bond acceptors (Lipinski definition) is 8. The Morgan fingerprint density at radius 1 is 1.08 bits per heavy atom. The van der Waals surface area contributed by atoms with E-state index >= 15 is 0 Å². The lowest BCUT2D eigenvalue weighted by molar-refractivity contribution is -0.123. The number of ether oxygens (including phenoxy) is 1. The monoisotopic (exact) mass is 538 g/mol. The van der Waals surface area contributed by atoms with Crippen molar-refractivity contribution in [3.63, 3.8) is 0 Å². The summed E-state index contributed by atoms with van der Waals surface area (Å²) < 4.78 is 5.05. The molecule has 2 saturated carbocycles. The van der Waals surface area contributed by atoms with E-state index < -0.39 is 5.97 Å². The van der Waals surface area contributed by atoms with E-state index in [0.717, 1.165) is 16.3 Å². The van der Waals surface area contributed by atoms with Gasteiger partial charge in [0.25, 0.3) is 0 Å². The molecule has 0 radical (unpaired) electrons. The molecule has 2 aromatic heterocycles. The molecule has 3 fully saturated rings. The van der Waals surface area contributed by atoms with Gasteiger partial charge in [-0.15, -0.1) is 23.1 Å². The predicted molar refractivity (Wildman–Crippen MR) is 138 cm³/mol. The zero-order chi connectivity index (χ0) is 24.7. The number of carbonyl (C=O) groups excluding carboxylic acids is 3. The number of nitrogens with one attached hydrogen (secondary N) is 1. The first-order valence-electron chi connectivity index (χ1n) is 12.1. The molecule has 1 aromatic carbocycles. The predicted octanol–water partition coefficient (Wildman–Crippen LogP) is 4.35. The third kappa shape index (κ3) is 3.04. The summed E-state index contributed by atoms with van der Waals surface area (Å²) in [5, 5.41) is 3.17. The van der Waals surface area contributed by atoms with Crippen LogP contribution in [-0.2, 0) is 14.3 Å². The second-order valence-electron chi connectivity index (χ2n) is 9.76. The average molecular weight is 539 g/mol. The van der Waals surface area contributed by atoms with Gasteiger partial charge in [0.2, 0.25) is 11.8 Å². The first-order valence-corrected chi connectivity index (χ1v) is 14.6. The zero-order valence-corrected chi connectivity index (χ0v) is 21.7. The highest BCUT2D eigenvalue weighted by Gasteiger charge is 2.69. The SMILES string of the molecule is CCOC(=O)c1ccc(N2C(=O)C3C4CC(C3C2=O)C2C(c3cccs3)c3sc(=O)[nH]c3SC42)cc1. The van der Waals surface area contributed by atoms with E-state index in [4.69, 9.17) is 4.74 Å². The van der Waals surface area contributed by atoms with Crippen LogP contribution in [0, 0.1) is 29.6 Å². The molecule has 36 heavy (non-hydrogen) atoms. The standard InChI is InChI=1S/C26H22N2O5S3/c1-2-33-25(31)11-5-7-12(8-6-11)28-23(29)17-13-10-14(18(17)24(28)30)20-16(13)19(15-4-3-9-34-15)21-22(35-20)27-26(32)36-21/h3-9,13-14,16-20H,2,10H2,1H3,(H,27,32). The number of aromatic amines is 1. The van der Waals surface area contributed by atoms with Crippen molar-refractivity contribution in [2.75, 3.05) is 11.5 Å². The van der Waals surface area contributed by atoms with Crippen molar-refractivity contribution in [3.05, 3.63) is 66.8 Å². The van der Waals surface area contributed by atoms with E-state index in [1.165, 1.54) is 21.1 Å². The number of H-pyrrole nitrogens is 1. The molecule has 1 N–H and O–H groups in total. The summed E-state index contributed by atoms with van der Waals surface area (Å²) in [5.41, 5.74) is 0.891. The van der Waals surface area contributed by atoms with E-state index in [1.54, 1.807) is 54.3 Å². The highest BCUT2D eigenvalue weighted by molar-refractivity contribution is 8.00. The van der Waals surface area contributed by atoms with Crippen molar-refractivity contribution in [1.29, 1.82) is 0 Å². The van der Waals surface area contributed by atoms with Crippen molar-refractivity contribution >= 4 is 57.9 Å². The molecule has 2 aliphatic heterocycles. The molecule has 7 nitrogen and oxygen atoms in total. The number of thiazole rings is 1. The van der Waals surface area contributed by atoms with Gasteiger partial charge in [-0.2, -0.15) is 0 Å². The molecule has 2 aliphatic carbocycles. The van der Waals surface area contributed by atoms with Gasteiger partial charge >= 0.3 is 10.8 Å².